The number of amides is 1. The van der Waals surface area contributed by atoms with Crippen LogP contribution in [0.15, 0.2) is 36.4 Å². The van der Waals surface area contributed by atoms with E-state index in [1.54, 1.807) is 33.5 Å². The van der Waals surface area contributed by atoms with Gasteiger partial charge < -0.3 is 24.4 Å². The number of anilines is 1. The summed E-state index contributed by atoms with van der Waals surface area (Å²) < 4.78 is 16.0. The predicted molar refractivity (Wildman–Crippen MR) is 118 cm³/mol. The third kappa shape index (κ3) is 5.64. The molecule has 0 saturated carbocycles. The van der Waals surface area contributed by atoms with Gasteiger partial charge in [-0.25, -0.2) is 0 Å². The molecule has 162 valence electrons. The van der Waals surface area contributed by atoms with Crippen LogP contribution in [0.5, 0.6) is 17.2 Å². The smallest absolute Gasteiger partial charge is 0.228 e. The summed E-state index contributed by atoms with van der Waals surface area (Å²) in [5.41, 5.74) is 2.82. The topological polar surface area (TPSA) is 63.3 Å². The maximum atomic E-state index is 12.5. The van der Waals surface area contributed by atoms with Crippen LogP contribution < -0.4 is 19.5 Å². The third-order valence-corrected chi connectivity index (χ3v) is 5.33. The zero-order valence-electron chi connectivity index (χ0n) is 18.2. The van der Waals surface area contributed by atoms with Crippen LogP contribution in [0.3, 0.4) is 0 Å². The van der Waals surface area contributed by atoms with Crippen molar-refractivity contribution in [2.45, 2.75) is 13.0 Å². The molecule has 2 aromatic rings. The van der Waals surface area contributed by atoms with Gasteiger partial charge in [-0.05, 0) is 42.4 Å². The van der Waals surface area contributed by atoms with Crippen molar-refractivity contribution in [3.63, 3.8) is 0 Å². The SMILES string of the molecule is COc1cc(CC(=O)Nc2ccc(CN3CCN(C)CC3)cc2)cc(OC)c1OC. The predicted octanol–water partition coefficient (Wildman–Crippen LogP) is 2.64. The number of rotatable bonds is 8. The van der Waals surface area contributed by atoms with Crippen LogP contribution in [0.1, 0.15) is 11.1 Å². The van der Waals surface area contributed by atoms with Crippen molar-refractivity contribution in [3.8, 4) is 17.2 Å². The molecule has 3 rings (SSSR count). The molecular formula is C23H31N3O4. The van der Waals surface area contributed by atoms with E-state index in [0.717, 1.165) is 44.0 Å². The van der Waals surface area contributed by atoms with Gasteiger partial charge in [0.05, 0.1) is 27.8 Å². The van der Waals surface area contributed by atoms with Crippen molar-refractivity contribution >= 4 is 11.6 Å². The third-order valence-electron chi connectivity index (χ3n) is 5.33. The van der Waals surface area contributed by atoms with Gasteiger partial charge in [-0.1, -0.05) is 12.1 Å². The molecule has 1 N–H and O–H groups in total. The molecule has 7 heteroatoms. The van der Waals surface area contributed by atoms with Gasteiger partial charge in [0, 0.05) is 38.4 Å². The maximum absolute atomic E-state index is 12.5. The molecule has 2 aromatic carbocycles. The Morgan fingerprint density at radius 1 is 0.900 bits per heavy atom. The van der Waals surface area contributed by atoms with Gasteiger partial charge >= 0.3 is 0 Å². The zero-order chi connectivity index (χ0) is 21.5. The average molecular weight is 414 g/mol. The molecular weight excluding hydrogens is 382 g/mol. The van der Waals surface area contributed by atoms with Gasteiger partial charge in [0.25, 0.3) is 0 Å². The summed E-state index contributed by atoms with van der Waals surface area (Å²) in [6.45, 7) is 5.32. The van der Waals surface area contributed by atoms with E-state index in [0.29, 0.717) is 17.2 Å². The molecule has 0 radical (unpaired) electrons. The molecule has 7 nitrogen and oxygen atoms in total. The Labute approximate surface area is 178 Å². The highest BCUT2D eigenvalue weighted by molar-refractivity contribution is 5.92. The van der Waals surface area contributed by atoms with Gasteiger partial charge in [-0.3, -0.25) is 9.69 Å². The minimum Gasteiger partial charge on any atom is -0.493 e. The Kier molecular flexibility index (Phi) is 7.54. The van der Waals surface area contributed by atoms with Crippen molar-refractivity contribution in [3.05, 3.63) is 47.5 Å². The molecule has 1 saturated heterocycles. The van der Waals surface area contributed by atoms with E-state index in [1.807, 2.05) is 12.1 Å². The minimum atomic E-state index is -0.101. The monoisotopic (exact) mass is 413 g/mol. The van der Waals surface area contributed by atoms with Crippen LogP contribution in [0.2, 0.25) is 0 Å². The van der Waals surface area contributed by atoms with Gasteiger partial charge in [0.2, 0.25) is 11.7 Å². The van der Waals surface area contributed by atoms with Crippen molar-refractivity contribution < 1.29 is 19.0 Å². The lowest BCUT2D eigenvalue weighted by Gasteiger charge is -2.32. The quantitative estimate of drug-likeness (QED) is 0.718. The highest BCUT2D eigenvalue weighted by Crippen LogP contribution is 2.38. The lowest BCUT2D eigenvalue weighted by atomic mass is 10.1. The van der Waals surface area contributed by atoms with E-state index in [1.165, 1.54) is 5.56 Å². The Bertz CT molecular complexity index is 821. The number of benzene rings is 2. The van der Waals surface area contributed by atoms with Crippen LogP contribution in [-0.4, -0.2) is 70.3 Å². The first-order chi connectivity index (χ1) is 14.5. The maximum Gasteiger partial charge on any atom is 0.228 e. The summed E-state index contributed by atoms with van der Waals surface area (Å²) in [7, 11) is 6.84. The van der Waals surface area contributed by atoms with Gasteiger partial charge in [0.15, 0.2) is 11.5 Å². The standard InChI is InChI=1S/C23H31N3O4/c1-25-9-11-26(12-10-25)16-17-5-7-19(8-6-17)24-22(27)15-18-13-20(28-2)23(30-4)21(14-18)29-3/h5-8,13-14H,9-12,15-16H2,1-4H3,(H,24,27). The first-order valence-electron chi connectivity index (χ1n) is 10.1. The molecule has 0 spiro atoms. The van der Waals surface area contributed by atoms with Crippen LogP contribution in [0.25, 0.3) is 0 Å². The van der Waals surface area contributed by atoms with E-state index in [-0.39, 0.29) is 12.3 Å². The molecule has 0 unspecified atom stereocenters. The first-order valence-corrected chi connectivity index (χ1v) is 10.1. The van der Waals surface area contributed by atoms with Crippen molar-refractivity contribution in [2.75, 3.05) is 59.9 Å². The number of nitrogens with one attached hydrogen (secondary N) is 1. The Hall–Kier alpha value is -2.77. The number of methoxy groups -OCH3 is 3. The largest absolute Gasteiger partial charge is 0.493 e. The summed E-state index contributed by atoms with van der Waals surface area (Å²) in [6, 6.07) is 11.7. The summed E-state index contributed by atoms with van der Waals surface area (Å²) in [5.74, 6) is 1.48. The number of hydrogen-bond acceptors (Lipinski definition) is 6. The van der Waals surface area contributed by atoms with Crippen LogP contribution >= 0.6 is 0 Å². The highest BCUT2D eigenvalue weighted by Gasteiger charge is 2.16. The van der Waals surface area contributed by atoms with Crippen LogP contribution in [0, 0.1) is 0 Å². The highest BCUT2D eigenvalue weighted by atomic mass is 16.5. The Morgan fingerprint density at radius 2 is 1.50 bits per heavy atom. The van der Waals surface area contributed by atoms with E-state index >= 15 is 0 Å². The van der Waals surface area contributed by atoms with E-state index in [4.69, 9.17) is 14.2 Å². The van der Waals surface area contributed by atoms with E-state index in [2.05, 4.69) is 34.3 Å². The van der Waals surface area contributed by atoms with Crippen molar-refractivity contribution in [2.24, 2.45) is 0 Å². The second kappa shape index (κ2) is 10.3. The molecule has 0 aliphatic carbocycles. The number of carbonyl (C=O) groups is 1. The zero-order valence-corrected chi connectivity index (χ0v) is 18.2. The molecule has 1 amide bonds. The summed E-state index contributed by atoms with van der Waals surface area (Å²) >= 11 is 0. The number of carbonyl (C=O) groups excluding carboxylic acids is 1. The number of nitrogens with zero attached hydrogens (tertiary/aromatic N) is 2. The lowest BCUT2D eigenvalue weighted by Crippen LogP contribution is -2.43. The second-order valence-corrected chi connectivity index (χ2v) is 7.53. The second-order valence-electron chi connectivity index (χ2n) is 7.53. The normalized spacial score (nSPS) is 14.9. The Morgan fingerprint density at radius 3 is 2.03 bits per heavy atom. The van der Waals surface area contributed by atoms with Crippen LogP contribution in [0.4, 0.5) is 5.69 Å². The van der Waals surface area contributed by atoms with Gasteiger partial charge in [0.1, 0.15) is 0 Å². The molecule has 1 aliphatic rings. The van der Waals surface area contributed by atoms with Gasteiger partial charge in [-0.2, -0.15) is 0 Å². The van der Waals surface area contributed by atoms with Crippen molar-refractivity contribution in [1.29, 1.82) is 0 Å². The first kappa shape index (κ1) is 21.9. The fourth-order valence-electron chi connectivity index (χ4n) is 3.59. The molecule has 1 aliphatic heterocycles. The molecule has 1 fully saturated rings. The van der Waals surface area contributed by atoms with E-state index < -0.39 is 0 Å². The summed E-state index contributed by atoms with van der Waals surface area (Å²) in [5, 5.41) is 2.96. The van der Waals surface area contributed by atoms with Gasteiger partial charge in [-0.15, -0.1) is 0 Å². The molecule has 0 bridgehead atoms. The molecule has 30 heavy (non-hydrogen) atoms. The minimum absolute atomic E-state index is 0.101. The van der Waals surface area contributed by atoms with Crippen molar-refractivity contribution in [1.82, 2.24) is 9.80 Å². The van der Waals surface area contributed by atoms with Crippen LogP contribution in [-0.2, 0) is 17.8 Å². The number of ether oxygens (including phenoxy) is 3. The molecule has 0 atom stereocenters. The lowest BCUT2D eigenvalue weighted by molar-refractivity contribution is -0.115. The molecule has 1 heterocycles. The summed E-state index contributed by atoms with van der Waals surface area (Å²) in [6.07, 6.45) is 0.208. The number of likely N-dealkylation sites (N-methyl/N-ethyl adjacent to an activating group) is 1. The fourth-order valence-corrected chi connectivity index (χ4v) is 3.59. The number of piperazine rings is 1. The average Bonchev–Trinajstić information content (AvgIpc) is 2.75. The van der Waals surface area contributed by atoms with E-state index in [9.17, 15) is 4.79 Å². The fraction of sp³-hybridized carbons (Fsp3) is 0.435. The summed E-state index contributed by atoms with van der Waals surface area (Å²) in [4.78, 5) is 17.3. The Balaban J connectivity index is 1.58. The number of hydrogen-bond donors (Lipinski definition) is 1. The molecule has 0 aromatic heterocycles.